The van der Waals surface area contributed by atoms with Crippen molar-refractivity contribution in [3.8, 4) is 0 Å². The van der Waals surface area contributed by atoms with Crippen molar-refractivity contribution in [1.29, 1.82) is 0 Å². The molecule has 8 atom stereocenters. The molecule has 3 unspecified atom stereocenters. The van der Waals surface area contributed by atoms with Gasteiger partial charge >= 0.3 is 13.6 Å². The summed E-state index contributed by atoms with van der Waals surface area (Å²) in [5.41, 5.74) is 0. The van der Waals surface area contributed by atoms with Gasteiger partial charge in [-0.25, -0.2) is 9.13 Å². The number of fused-ring (bicyclic) bond motifs is 3. The molecule has 2 saturated heterocycles. The molecule has 5 fully saturated rings. The van der Waals surface area contributed by atoms with E-state index in [0.29, 0.717) is 24.8 Å². The zero-order chi connectivity index (χ0) is 27.3. The van der Waals surface area contributed by atoms with Crippen molar-refractivity contribution in [2.24, 2.45) is 11.8 Å². The molecule has 2 aliphatic heterocycles. The first-order valence-corrected chi connectivity index (χ1v) is 20.9. The SMILES string of the molecule is O=P1(S)OC[C@@H]2C[C@@H](OP(=O)(S)OC[C@H]3C[C@@H](NC4CCCCCCC4)C[C@@H]3O1)C(C1CCCCCCC1)O2. The number of rotatable bonds is 3. The monoisotopic (exact) mass is 625 g/mol. The van der Waals surface area contributed by atoms with E-state index in [-0.39, 0.29) is 43.5 Å². The lowest BCUT2D eigenvalue weighted by Crippen LogP contribution is -2.37. The molecule has 5 rings (SSSR count). The van der Waals surface area contributed by atoms with Gasteiger partial charge in [0.05, 0.1) is 37.6 Å². The van der Waals surface area contributed by atoms with E-state index in [1.807, 2.05) is 0 Å². The number of hydrogen-bond acceptors (Lipinski definition) is 8. The molecule has 0 spiro atoms. The van der Waals surface area contributed by atoms with Gasteiger partial charge in [0, 0.05) is 24.4 Å². The Balaban J connectivity index is 1.26. The molecule has 3 aliphatic carbocycles. The van der Waals surface area contributed by atoms with Crippen molar-refractivity contribution >= 4 is 38.1 Å². The van der Waals surface area contributed by atoms with Crippen LogP contribution < -0.4 is 5.32 Å². The average molecular weight is 626 g/mol. The number of hydrogen-bond donors (Lipinski definition) is 3. The minimum atomic E-state index is -3.64. The second kappa shape index (κ2) is 14.6. The maximum absolute atomic E-state index is 13.5. The van der Waals surface area contributed by atoms with Crippen LogP contribution in [0, 0.1) is 11.8 Å². The lowest BCUT2D eigenvalue weighted by Gasteiger charge is -2.31. The van der Waals surface area contributed by atoms with Crippen LogP contribution in [-0.2, 0) is 32.0 Å². The summed E-state index contributed by atoms with van der Waals surface area (Å²) in [6, 6.07) is 0.690. The molecular formula is C27H49NO7P2S2. The Labute approximate surface area is 245 Å². The molecule has 1 N–H and O–H groups in total. The van der Waals surface area contributed by atoms with Gasteiger partial charge in [-0.15, -0.1) is 0 Å². The van der Waals surface area contributed by atoms with E-state index in [4.69, 9.17) is 22.8 Å². The lowest BCUT2D eigenvalue weighted by atomic mass is 9.85. The first-order chi connectivity index (χ1) is 18.8. The van der Waals surface area contributed by atoms with Crippen molar-refractivity contribution in [2.45, 2.75) is 146 Å². The highest BCUT2D eigenvalue weighted by Gasteiger charge is 2.46. The minimum absolute atomic E-state index is 0.0999. The van der Waals surface area contributed by atoms with Crippen molar-refractivity contribution < 1.29 is 32.0 Å². The van der Waals surface area contributed by atoms with Crippen molar-refractivity contribution in [3.63, 3.8) is 0 Å². The van der Waals surface area contributed by atoms with E-state index >= 15 is 0 Å². The summed E-state index contributed by atoms with van der Waals surface area (Å²) in [4.78, 5) is 0. The summed E-state index contributed by atoms with van der Waals surface area (Å²) in [5.74, 6) is 0.208. The average Bonchev–Trinajstić information content (AvgIpc) is 3.40. The standard InChI is InChI=1S/C27H49NO7P2S2/c29-36(38)31-18-21-15-23(28-22-13-9-5-2-6-10-14-22)16-25(21)34-37(30,39)32-19-24-17-26(35-36)27(33-24)20-11-7-3-1-4-8-12-20/h20-28H,1-19H2,(H,29,38)(H,30,39)/t21-,23-,24+,25+,26-,27?,36?,37?/m1/s1. The largest absolute Gasteiger partial charge is 0.386 e. The summed E-state index contributed by atoms with van der Waals surface area (Å²) in [6.07, 6.45) is 17.6. The van der Waals surface area contributed by atoms with E-state index in [0.717, 1.165) is 32.1 Å². The van der Waals surface area contributed by atoms with Crippen LogP contribution in [0.4, 0.5) is 0 Å². The Hall–Kier alpha value is 0.920. The summed E-state index contributed by atoms with van der Waals surface area (Å²) in [6.45, 7) is -7.01. The topological polar surface area (TPSA) is 92.3 Å². The van der Waals surface area contributed by atoms with Crippen LogP contribution in [-0.4, -0.2) is 49.7 Å². The van der Waals surface area contributed by atoms with E-state index in [1.54, 1.807) is 0 Å². The predicted octanol–water partition coefficient (Wildman–Crippen LogP) is 7.88. The van der Waals surface area contributed by atoms with Gasteiger partial charge in [-0.05, 0) is 44.4 Å². The highest BCUT2D eigenvalue weighted by Crippen LogP contribution is 2.60. The third-order valence-electron chi connectivity index (χ3n) is 9.44. The summed E-state index contributed by atoms with van der Waals surface area (Å²) < 4.78 is 57.1. The van der Waals surface area contributed by atoms with Crippen LogP contribution >= 0.6 is 38.1 Å². The molecule has 2 heterocycles. The van der Waals surface area contributed by atoms with Crippen LogP contribution in [0.1, 0.15) is 109 Å². The van der Waals surface area contributed by atoms with E-state index in [1.165, 1.54) is 64.2 Å². The zero-order valence-corrected chi connectivity index (χ0v) is 26.8. The van der Waals surface area contributed by atoms with Crippen LogP contribution in [0.5, 0.6) is 0 Å². The fourth-order valence-corrected chi connectivity index (χ4v) is 10.6. The van der Waals surface area contributed by atoms with Gasteiger partial charge in [0.15, 0.2) is 0 Å². The molecule has 3 saturated carbocycles. The van der Waals surface area contributed by atoms with Gasteiger partial charge in [0.2, 0.25) is 0 Å². The highest BCUT2D eigenvalue weighted by molar-refractivity contribution is 8.44. The Morgan fingerprint density at radius 3 is 1.82 bits per heavy atom. The van der Waals surface area contributed by atoms with Gasteiger partial charge in [0.1, 0.15) is 0 Å². The van der Waals surface area contributed by atoms with Crippen LogP contribution in [0.2, 0.25) is 0 Å². The quantitative estimate of drug-likeness (QED) is 0.216. The van der Waals surface area contributed by atoms with Crippen LogP contribution in [0.25, 0.3) is 0 Å². The maximum atomic E-state index is 13.5. The molecule has 0 radical (unpaired) electrons. The molecule has 0 amide bonds. The summed E-state index contributed by atoms with van der Waals surface area (Å²) in [7, 11) is 0. The highest BCUT2D eigenvalue weighted by atomic mass is 32.7. The Morgan fingerprint density at radius 1 is 0.590 bits per heavy atom. The first-order valence-electron chi connectivity index (χ1n) is 15.5. The Kier molecular flexibility index (Phi) is 11.7. The molecule has 2 bridgehead atoms. The Bertz CT molecular complexity index is 869. The molecular weight excluding hydrogens is 576 g/mol. The summed E-state index contributed by atoms with van der Waals surface area (Å²) >= 11 is 8.74. The maximum Gasteiger partial charge on any atom is 0.386 e. The van der Waals surface area contributed by atoms with E-state index in [2.05, 4.69) is 29.8 Å². The Morgan fingerprint density at radius 2 is 1.15 bits per heavy atom. The molecule has 0 aromatic carbocycles. The van der Waals surface area contributed by atoms with Crippen LogP contribution in [0.3, 0.4) is 0 Å². The third kappa shape index (κ3) is 9.45. The van der Waals surface area contributed by atoms with Crippen molar-refractivity contribution in [2.75, 3.05) is 13.2 Å². The second-order valence-electron chi connectivity index (χ2n) is 12.5. The molecule has 12 heteroatoms. The molecule has 0 aromatic heterocycles. The molecule has 5 aliphatic rings. The third-order valence-corrected chi connectivity index (χ3v) is 12.7. The first kappa shape index (κ1) is 31.3. The van der Waals surface area contributed by atoms with Gasteiger partial charge in [-0.2, -0.15) is 0 Å². The smallest absolute Gasteiger partial charge is 0.369 e. The fourth-order valence-electron chi connectivity index (χ4n) is 7.45. The lowest BCUT2D eigenvalue weighted by molar-refractivity contribution is -0.0425. The number of ether oxygens (including phenoxy) is 1. The molecule has 226 valence electrons. The van der Waals surface area contributed by atoms with Crippen molar-refractivity contribution in [1.82, 2.24) is 5.32 Å². The number of thiol groups is 2. The van der Waals surface area contributed by atoms with E-state index < -0.39 is 19.7 Å². The number of nitrogens with one attached hydrogen (secondary N) is 1. The van der Waals surface area contributed by atoms with Crippen molar-refractivity contribution in [3.05, 3.63) is 0 Å². The van der Waals surface area contributed by atoms with Gasteiger partial charge in [-0.1, -0.05) is 88.7 Å². The minimum Gasteiger partial charge on any atom is -0.369 e. The molecule has 0 aromatic rings. The van der Waals surface area contributed by atoms with Gasteiger partial charge in [0.25, 0.3) is 0 Å². The predicted molar refractivity (Wildman–Crippen MR) is 160 cm³/mol. The second-order valence-corrected chi connectivity index (χ2v) is 18.3. The van der Waals surface area contributed by atoms with Gasteiger partial charge in [-0.3, -0.25) is 13.6 Å². The van der Waals surface area contributed by atoms with E-state index in [9.17, 15) is 9.13 Å². The molecule has 39 heavy (non-hydrogen) atoms. The summed E-state index contributed by atoms with van der Waals surface area (Å²) in [5, 5.41) is 3.84. The zero-order valence-electron chi connectivity index (χ0n) is 23.2. The van der Waals surface area contributed by atoms with Crippen LogP contribution in [0.15, 0.2) is 0 Å². The molecule has 8 nitrogen and oxygen atoms in total. The normalized spacial score (nSPS) is 44.6. The van der Waals surface area contributed by atoms with Gasteiger partial charge < -0.3 is 14.6 Å². The fraction of sp³-hybridized carbons (Fsp3) is 1.00.